The van der Waals surface area contributed by atoms with Gasteiger partial charge in [0.1, 0.15) is 4.99 Å². The van der Waals surface area contributed by atoms with Crippen molar-refractivity contribution in [3.8, 4) is 0 Å². The maximum Gasteiger partial charge on any atom is 0.243 e. The van der Waals surface area contributed by atoms with Crippen LogP contribution in [0.4, 0.5) is 0 Å². The van der Waals surface area contributed by atoms with E-state index >= 15 is 0 Å². The van der Waals surface area contributed by atoms with Crippen LogP contribution in [0.5, 0.6) is 0 Å². The molecule has 0 amide bonds. The molecule has 0 unspecified atom stereocenters. The minimum absolute atomic E-state index is 0.181. The van der Waals surface area contributed by atoms with E-state index in [1.165, 1.54) is 0 Å². The summed E-state index contributed by atoms with van der Waals surface area (Å²) in [6, 6.07) is 6.66. The molecule has 0 saturated heterocycles. The molecule has 104 valence electrons. The number of rotatable bonds is 6. The molecule has 19 heavy (non-hydrogen) atoms. The molecule has 1 aromatic carbocycles. The fourth-order valence-electron chi connectivity index (χ4n) is 2.01. The largest absolute Gasteiger partial charge is 0.389 e. The fourth-order valence-corrected chi connectivity index (χ4v) is 3.92. The van der Waals surface area contributed by atoms with E-state index in [1.807, 2.05) is 6.92 Å². The minimum atomic E-state index is -3.39. The van der Waals surface area contributed by atoms with Crippen LogP contribution in [0.15, 0.2) is 29.2 Å². The predicted octanol–water partition coefficient (Wildman–Crippen LogP) is 1.88. The maximum absolute atomic E-state index is 12.5. The Morgan fingerprint density at radius 3 is 2.37 bits per heavy atom. The van der Waals surface area contributed by atoms with Gasteiger partial charge in [-0.05, 0) is 31.4 Å². The molecule has 2 N–H and O–H groups in total. The van der Waals surface area contributed by atoms with Gasteiger partial charge in [-0.15, -0.1) is 0 Å². The number of sulfonamides is 1. The van der Waals surface area contributed by atoms with Gasteiger partial charge in [-0.25, -0.2) is 8.42 Å². The van der Waals surface area contributed by atoms with Crippen LogP contribution in [-0.2, 0) is 10.0 Å². The normalized spacial score (nSPS) is 15.7. The Morgan fingerprint density at radius 2 is 1.95 bits per heavy atom. The smallest absolute Gasteiger partial charge is 0.243 e. The molecule has 0 atom stereocenters. The zero-order valence-electron chi connectivity index (χ0n) is 10.9. The monoisotopic (exact) mass is 298 g/mol. The number of nitrogens with zero attached hydrogens (tertiary/aromatic N) is 1. The highest BCUT2D eigenvalue weighted by atomic mass is 32.2. The topological polar surface area (TPSA) is 63.4 Å². The van der Waals surface area contributed by atoms with E-state index in [1.54, 1.807) is 28.6 Å². The van der Waals surface area contributed by atoms with Gasteiger partial charge in [-0.1, -0.05) is 31.3 Å². The second kappa shape index (κ2) is 5.56. The molecule has 1 saturated carbocycles. The van der Waals surface area contributed by atoms with Gasteiger partial charge in [0, 0.05) is 18.2 Å². The third kappa shape index (κ3) is 3.13. The zero-order chi connectivity index (χ0) is 14.0. The van der Waals surface area contributed by atoms with Gasteiger partial charge in [-0.3, -0.25) is 0 Å². The molecule has 2 rings (SSSR count). The van der Waals surface area contributed by atoms with Crippen LogP contribution in [0, 0.1) is 0 Å². The van der Waals surface area contributed by atoms with E-state index in [2.05, 4.69) is 0 Å². The zero-order valence-corrected chi connectivity index (χ0v) is 12.5. The minimum Gasteiger partial charge on any atom is -0.389 e. The van der Waals surface area contributed by atoms with E-state index in [-0.39, 0.29) is 11.0 Å². The molecule has 0 spiro atoms. The highest BCUT2D eigenvalue weighted by Gasteiger charge is 2.37. The van der Waals surface area contributed by atoms with Crippen molar-refractivity contribution in [2.45, 2.75) is 37.1 Å². The van der Waals surface area contributed by atoms with Gasteiger partial charge in [0.2, 0.25) is 10.0 Å². The Bertz CT molecular complexity index is 563. The third-order valence-corrected chi connectivity index (χ3v) is 5.35. The van der Waals surface area contributed by atoms with Gasteiger partial charge in [-0.2, -0.15) is 4.31 Å². The molecule has 1 aromatic rings. The summed E-state index contributed by atoms with van der Waals surface area (Å²) < 4.78 is 26.7. The molecule has 0 aromatic heterocycles. The second-order valence-corrected chi connectivity index (χ2v) is 7.07. The van der Waals surface area contributed by atoms with Crippen LogP contribution in [0.2, 0.25) is 0 Å². The average Bonchev–Trinajstić information content (AvgIpc) is 3.20. The van der Waals surface area contributed by atoms with E-state index in [0.717, 1.165) is 19.3 Å². The Hall–Kier alpha value is -0.980. The van der Waals surface area contributed by atoms with Crippen LogP contribution in [-0.4, -0.2) is 30.3 Å². The van der Waals surface area contributed by atoms with Gasteiger partial charge < -0.3 is 5.73 Å². The van der Waals surface area contributed by atoms with Crippen LogP contribution in [0.25, 0.3) is 0 Å². The molecule has 6 heteroatoms. The summed E-state index contributed by atoms with van der Waals surface area (Å²) in [7, 11) is -3.39. The van der Waals surface area contributed by atoms with Crippen molar-refractivity contribution in [1.82, 2.24) is 4.31 Å². The molecule has 4 nitrogen and oxygen atoms in total. The van der Waals surface area contributed by atoms with Gasteiger partial charge in [0.05, 0.1) is 4.90 Å². The van der Waals surface area contributed by atoms with Crippen molar-refractivity contribution in [2.75, 3.05) is 6.54 Å². The lowest BCUT2D eigenvalue weighted by atomic mass is 10.2. The Kier molecular flexibility index (Phi) is 4.23. The van der Waals surface area contributed by atoms with Crippen molar-refractivity contribution in [3.63, 3.8) is 0 Å². The van der Waals surface area contributed by atoms with Gasteiger partial charge in [0.25, 0.3) is 0 Å². The van der Waals surface area contributed by atoms with E-state index in [4.69, 9.17) is 18.0 Å². The first-order valence-corrected chi connectivity index (χ1v) is 8.23. The number of hydrogen-bond acceptors (Lipinski definition) is 3. The molecule has 0 aliphatic heterocycles. The third-order valence-electron chi connectivity index (χ3n) is 3.14. The van der Waals surface area contributed by atoms with Crippen molar-refractivity contribution >= 4 is 27.2 Å². The lowest BCUT2D eigenvalue weighted by molar-refractivity contribution is 0.403. The molecule has 0 heterocycles. The lowest BCUT2D eigenvalue weighted by Crippen LogP contribution is -2.33. The highest BCUT2D eigenvalue weighted by Crippen LogP contribution is 2.32. The SMILES string of the molecule is CCCN(C1CC1)S(=O)(=O)c1ccc(C(N)=S)cc1. The molecule has 0 bridgehead atoms. The summed E-state index contributed by atoms with van der Waals surface area (Å²) in [6.45, 7) is 2.56. The molecular weight excluding hydrogens is 280 g/mol. The highest BCUT2D eigenvalue weighted by molar-refractivity contribution is 7.89. The van der Waals surface area contributed by atoms with E-state index in [0.29, 0.717) is 17.0 Å². The van der Waals surface area contributed by atoms with Crippen LogP contribution in [0.3, 0.4) is 0 Å². The Labute approximate surface area is 119 Å². The van der Waals surface area contributed by atoms with Crippen molar-refractivity contribution < 1.29 is 8.42 Å². The molecule has 1 fully saturated rings. The molecule has 1 aliphatic carbocycles. The molecule has 0 radical (unpaired) electrons. The van der Waals surface area contributed by atoms with Crippen molar-refractivity contribution in [1.29, 1.82) is 0 Å². The first-order chi connectivity index (χ1) is 8.96. The van der Waals surface area contributed by atoms with Crippen LogP contribution >= 0.6 is 12.2 Å². The first kappa shape index (κ1) is 14.4. The standard InChI is InChI=1S/C13H18N2O2S2/c1-2-9-15(11-5-6-11)19(16,17)12-7-3-10(4-8-12)13(14)18/h3-4,7-8,11H,2,5-6,9H2,1H3,(H2,14,18). The number of hydrogen-bond donors (Lipinski definition) is 1. The summed E-state index contributed by atoms with van der Waals surface area (Å²) >= 11 is 4.86. The Balaban J connectivity index is 2.29. The van der Waals surface area contributed by atoms with Crippen LogP contribution < -0.4 is 5.73 Å². The average molecular weight is 298 g/mol. The van der Waals surface area contributed by atoms with E-state index in [9.17, 15) is 8.42 Å². The quantitative estimate of drug-likeness (QED) is 0.815. The summed E-state index contributed by atoms with van der Waals surface area (Å²) in [5.74, 6) is 0. The lowest BCUT2D eigenvalue weighted by Gasteiger charge is -2.21. The predicted molar refractivity (Wildman–Crippen MR) is 79.5 cm³/mol. The number of benzene rings is 1. The maximum atomic E-state index is 12.5. The molecule has 1 aliphatic rings. The first-order valence-electron chi connectivity index (χ1n) is 6.38. The van der Waals surface area contributed by atoms with Crippen molar-refractivity contribution in [3.05, 3.63) is 29.8 Å². The number of thiocarbonyl (C=S) groups is 1. The molecular formula is C13H18N2O2S2. The summed E-state index contributed by atoms with van der Waals surface area (Å²) in [6.07, 6.45) is 2.75. The van der Waals surface area contributed by atoms with Crippen molar-refractivity contribution in [2.24, 2.45) is 5.73 Å². The summed E-state index contributed by atoms with van der Waals surface area (Å²) in [5.41, 5.74) is 6.19. The fraction of sp³-hybridized carbons (Fsp3) is 0.462. The van der Waals surface area contributed by atoms with Gasteiger partial charge in [0.15, 0.2) is 0 Å². The number of nitrogens with two attached hydrogens (primary N) is 1. The van der Waals surface area contributed by atoms with Gasteiger partial charge >= 0.3 is 0 Å². The summed E-state index contributed by atoms with van der Waals surface area (Å²) in [4.78, 5) is 0.587. The van der Waals surface area contributed by atoms with Crippen LogP contribution in [0.1, 0.15) is 31.7 Å². The summed E-state index contributed by atoms with van der Waals surface area (Å²) in [5, 5.41) is 0. The second-order valence-electron chi connectivity index (χ2n) is 4.74. The van der Waals surface area contributed by atoms with E-state index < -0.39 is 10.0 Å². The Morgan fingerprint density at radius 1 is 1.37 bits per heavy atom.